The number of ether oxygens (including phenoxy) is 2. The average molecular weight is 426 g/mol. The summed E-state index contributed by atoms with van der Waals surface area (Å²) in [6, 6.07) is 11.3. The van der Waals surface area contributed by atoms with Crippen molar-refractivity contribution in [3.63, 3.8) is 0 Å². The van der Waals surface area contributed by atoms with Crippen LogP contribution in [0, 0.1) is 11.7 Å². The molecule has 164 valence electrons. The first kappa shape index (κ1) is 21.3. The third-order valence-electron chi connectivity index (χ3n) is 5.90. The van der Waals surface area contributed by atoms with Gasteiger partial charge in [0.05, 0.1) is 12.6 Å². The zero-order valence-corrected chi connectivity index (χ0v) is 17.6. The Morgan fingerprint density at radius 3 is 2.45 bits per heavy atom. The van der Waals surface area contributed by atoms with E-state index in [2.05, 4.69) is 10.2 Å². The lowest BCUT2D eigenvalue weighted by molar-refractivity contribution is -0.123. The number of rotatable bonds is 6. The summed E-state index contributed by atoms with van der Waals surface area (Å²) in [4.78, 5) is 27.4. The fourth-order valence-electron chi connectivity index (χ4n) is 4.11. The molecule has 0 radical (unpaired) electrons. The zero-order chi connectivity index (χ0) is 21.8. The Morgan fingerprint density at radius 1 is 1.06 bits per heavy atom. The van der Waals surface area contributed by atoms with Crippen molar-refractivity contribution in [3.05, 3.63) is 59.4 Å². The highest BCUT2D eigenvalue weighted by Crippen LogP contribution is 2.32. The molecule has 1 N–H and O–H groups in total. The number of nitrogens with one attached hydrogen (secondary N) is 1. The van der Waals surface area contributed by atoms with Crippen molar-refractivity contribution in [2.24, 2.45) is 5.92 Å². The molecule has 0 saturated carbocycles. The molecule has 0 unspecified atom stereocenters. The molecular weight excluding hydrogens is 399 g/mol. The van der Waals surface area contributed by atoms with Gasteiger partial charge in [0.2, 0.25) is 5.91 Å². The van der Waals surface area contributed by atoms with Gasteiger partial charge in [-0.1, -0.05) is 12.1 Å². The predicted molar refractivity (Wildman–Crippen MR) is 114 cm³/mol. The minimum Gasteiger partial charge on any atom is -0.486 e. The smallest absolute Gasteiger partial charge is 0.234 e. The number of carbonyl (C=O) groups is 2. The molecule has 0 aliphatic carbocycles. The van der Waals surface area contributed by atoms with Crippen LogP contribution in [0.3, 0.4) is 0 Å². The first-order chi connectivity index (χ1) is 15.0. The van der Waals surface area contributed by atoms with E-state index in [9.17, 15) is 14.0 Å². The van der Waals surface area contributed by atoms with E-state index in [1.54, 1.807) is 30.3 Å². The lowest BCUT2D eigenvalue weighted by Gasteiger charge is -2.31. The molecule has 0 spiro atoms. The predicted octanol–water partition coefficient (Wildman–Crippen LogP) is 3.37. The molecule has 31 heavy (non-hydrogen) atoms. The molecule has 2 aliphatic heterocycles. The highest BCUT2D eigenvalue weighted by atomic mass is 19.1. The fraction of sp³-hybridized carbons (Fsp3) is 0.417. The standard InChI is InChI=1S/C24H27FN2O4/c1-16(17-2-5-20(25)6-3-17)26-23(28)15-27-10-8-18(9-11-27)24(29)19-4-7-21-22(14-19)31-13-12-30-21/h2-7,14,16,18H,8-13,15H2,1H3,(H,26,28)/t16-/m1/s1. The Kier molecular flexibility index (Phi) is 6.51. The molecule has 2 aromatic carbocycles. The van der Waals surface area contributed by atoms with Crippen LogP contribution in [-0.4, -0.2) is 49.4 Å². The fourth-order valence-corrected chi connectivity index (χ4v) is 4.11. The maximum Gasteiger partial charge on any atom is 0.234 e. The van der Waals surface area contributed by atoms with Crippen molar-refractivity contribution < 1.29 is 23.5 Å². The van der Waals surface area contributed by atoms with Gasteiger partial charge in [-0.05, 0) is 68.8 Å². The molecule has 1 fully saturated rings. The Bertz CT molecular complexity index is 939. The summed E-state index contributed by atoms with van der Waals surface area (Å²) in [7, 11) is 0. The second-order valence-electron chi connectivity index (χ2n) is 8.11. The number of Topliss-reactive ketones (excluding diaryl/α,β-unsaturated/α-hetero) is 1. The van der Waals surface area contributed by atoms with Gasteiger partial charge in [0, 0.05) is 11.5 Å². The minimum atomic E-state index is -0.295. The molecule has 0 aromatic heterocycles. The maximum absolute atomic E-state index is 13.1. The van der Waals surface area contributed by atoms with Crippen LogP contribution in [0.5, 0.6) is 11.5 Å². The number of carbonyl (C=O) groups excluding carboxylic acids is 2. The van der Waals surface area contributed by atoms with Crippen molar-refractivity contribution in [3.8, 4) is 11.5 Å². The summed E-state index contributed by atoms with van der Waals surface area (Å²) in [5.41, 5.74) is 1.51. The van der Waals surface area contributed by atoms with Crippen LogP contribution in [0.15, 0.2) is 42.5 Å². The molecule has 6 nitrogen and oxygen atoms in total. The number of amides is 1. The van der Waals surface area contributed by atoms with Crippen LogP contribution in [0.2, 0.25) is 0 Å². The second kappa shape index (κ2) is 9.47. The van der Waals surface area contributed by atoms with E-state index in [4.69, 9.17) is 9.47 Å². The molecular formula is C24H27FN2O4. The second-order valence-corrected chi connectivity index (χ2v) is 8.11. The minimum absolute atomic E-state index is 0.0555. The number of ketones is 1. The van der Waals surface area contributed by atoms with Gasteiger partial charge in [0.25, 0.3) is 0 Å². The number of benzene rings is 2. The van der Waals surface area contributed by atoms with Crippen molar-refractivity contribution in [1.82, 2.24) is 10.2 Å². The van der Waals surface area contributed by atoms with Gasteiger partial charge < -0.3 is 14.8 Å². The van der Waals surface area contributed by atoms with E-state index in [1.807, 2.05) is 6.92 Å². The van der Waals surface area contributed by atoms with E-state index >= 15 is 0 Å². The molecule has 1 amide bonds. The van der Waals surface area contributed by atoms with Gasteiger partial charge in [0.15, 0.2) is 17.3 Å². The normalized spacial score (nSPS) is 17.7. The van der Waals surface area contributed by atoms with Crippen molar-refractivity contribution in [2.45, 2.75) is 25.8 Å². The number of hydrogen-bond donors (Lipinski definition) is 1. The van der Waals surface area contributed by atoms with E-state index in [-0.39, 0.29) is 36.0 Å². The van der Waals surface area contributed by atoms with Crippen LogP contribution in [0.4, 0.5) is 4.39 Å². The number of fused-ring (bicyclic) bond motifs is 1. The highest BCUT2D eigenvalue weighted by Gasteiger charge is 2.28. The van der Waals surface area contributed by atoms with Crippen LogP contribution in [0.25, 0.3) is 0 Å². The molecule has 0 bridgehead atoms. The molecule has 1 saturated heterocycles. The molecule has 1 atom stereocenters. The van der Waals surface area contributed by atoms with E-state index < -0.39 is 0 Å². The molecule has 4 rings (SSSR count). The number of piperidine rings is 1. The monoisotopic (exact) mass is 426 g/mol. The van der Waals surface area contributed by atoms with Gasteiger partial charge in [-0.2, -0.15) is 0 Å². The zero-order valence-electron chi connectivity index (χ0n) is 17.6. The van der Waals surface area contributed by atoms with Gasteiger partial charge in [-0.15, -0.1) is 0 Å². The van der Waals surface area contributed by atoms with Crippen molar-refractivity contribution in [2.75, 3.05) is 32.8 Å². The summed E-state index contributed by atoms with van der Waals surface area (Å²) in [5, 5.41) is 2.96. The number of hydrogen-bond acceptors (Lipinski definition) is 5. The summed E-state index contributed by atoms with van der Waals surface area (Å²) in [6.45, 7) is 4.57. The number of halogens is 1. The van der Waals surface area contributed by atoms with Gasteiger partial charge in [0.1, 0.15) is 19.0 Å². The highest BCUT2D eigenvalue weighted by molar-refractivity contribution is 5.98. The van der Waals surface area contributed by atoms with Crippen LogP contribution in [-0.2, 0) is 4.79 Å². The molecule has 7 heteroatoms. The summed E-state index contributed by atoms with van der Waals surface area (Å²) < 4.78 is 24.2. The topological polar surface area (TPSA) is 67.9 Å². The Balaban J connectivity index is 1.26. The lowest BCUT2D eigenvalue weighted by Crippen LogP contribution is -2.43. The lowest BCUT2D eigenvalue weighted by atomic mass is 9.88. The summed E-state index contributed by atoms with van der Waals surface area (Å²) >= 11 is 0. The quantitative estimate of drug-likeness (QED) is 0.718. The average Bonchev–Trinajstić information content (AvgIpc) is 2.79. The van der Waals surface area contributed by atoms with Crippen LogP contribution in [0.1, 0.15) is 41.7 Å². The maximum atomic E-state index is 13.1. The largest absolute Gasteiger partial charge is 0.486 e. The van der Waals surface area contributed by atoms with Gasteiger partial charge in [-0.25, -0.2) is 4.39 Å². The first-order valence-electron chi connectivity index (χ1n) is 10.7. The molecule has 2 aromatic rings. The molecule has 2 heterocycles. The summed E-state index contributed by atoms with van der Waals surface area (Å²) in [6.07, 6.45) is 1.43. The number of likely N-dealkylation sites (tertiary alicyclic amines) is 1. The van der Waals surface area contributed by atoms with Gasteiger partial charge in [-0.3, -0.25) is 14.5 Å². The summed E-state index contributed by atoms with van der Waals surface area (Å²) in [5.74, 6) is 0.996. The first-order valence-corrected chi connectivity index (χ1v) is 10.7. The Labute approximate surface area is 181 Å². The third-order valence-corrected chi connectivity index (χ3v) is 5.90. The SMILES string of the molecule is C[C@@H](NC(=O)CN1CCC(C(=O)c2ccc3c(c2)OCCO3)CC1)c1ccc(F)cc1. The van der Waals surface area contributed by atoms with E-state index in [1.165, 1.54) is 12.1 Å². The number of nitrogens with zero attached hydrogens (tertiary/aromatic N) is 1. The van der Waals surface area contributed by atoms with Crippen molar-refractivity contribution >= 4 is 11.7 Å². The van der Waals surface area contributed by atoms with E-state index in [0.29, 0.717) is 56.2 Å². The molecule has 2 aliphatic rings. The van der Waals surface area contributed by atoms with Gasteiger partial charge >= 0.3 is 0 Å². The Hall–Kier alpha value is -2.93. The third kappa shape index (κ3) is 5.22. The van der Waals surface area contributed by atoms with Crippen LogP contribution < -0.4 is 14.8 Å². The van der Waals surface area contributed by atoms with E-state index in [0.717, 1.165) is 5.56 Å². The Morgan fingerprint density at radius 2 is 1.74 bits per heavy atom. The van der Waals surface area contributed by atoms with Crippen LogP contribution >= 0.6 is 0 Å². The van der Waals surface area contributed by atoms with Crippen molar-refractivity contribution in [1.29, 1.82) is 0 Å².